The van der Waals surface area contributed by atoms with Gasteiger partial charge in [0.2, 0.25) is 17.6 Å². The first-order chi connectivity index (χ1) is 15.2. The van der Waals surface area contributed by atoms with Crippen LogP contribution in [-0.2, 0) is 11.2 Å². The van der Waals surface area contributed by atoms with Crippen molar-refractivity contribution in [3.05, 3.63) is 101 Å². The lowest BCUT2D eigenvalue weighted by atomic mass is 10.1. The molecular weight excluding hydrogens is 430 g/mol. The second-order valence-corrected chi connectivity index (χ2v) is 8.36. The van der Waals surface area contributed by atoms with Crippen molar-refractivity contribution >= 4 is 29.3 Å². The van der Waals surface area contributed by atoms with E-state index >= 15 is 0 Å². The van der Waals surface area contributed by atoms with Crippen LogP contribution < -0.4 is 5.32 Å². The molecule has 0 aliphatic heterocycles. The van der Waals surface area contributed by atoms with Gasteiger partial charge in [0.1, 0.15) is 6.04 Å². The lowest BCUT2D eigenvalue weighted by Gasteiger charge is -2.15. The molecule has 0 radical (unpaired) electrons. The molecule has 1 unspecified atom stereocenters. The first kappa shape index (κ1) is 21.2. The fraction of sp³-hybridized carbons (Fsp3) is 0.125. The number of carbonyl (C=O) groups is 1. The summed E-state index contributed by atoms with van der Waals surface area (Å²) in [5.74, 6) is 0.988. The Kier molecular flexibility index (Phi) is 7.02. The SMILES string of the molecule is O=C(CSc1ccccc1)NC(Cc1ccccc1)c1nc(-c2cccc(Cl)c2)no1. The molecule has 0 saturated heterocycles. The maximum Gasteiger partial charge on any atom is 0.249 e. The highest BCUT2D eigenvalue weighted by molar-refractivity contribution is 8.00. The minimum absolute atomic E-state index is 0.0997. The molecule has 0 fully saturated rings. The zero-order chi connectivity index (χ0) is 21.5. The molecule has 1 aromatic heterocycles. The van der Waals surface area contributed by atoms with Crippen molar-refractivity contribution in [1.82, 2.24) is 15.5 Å². The zero-order valence-electron chi connectivity index (χ0n) is 16.6. The molecule has 0 bridgehead atoms. The van der Waals surface area contributed by atoms with Gasteiger partial charge in [0.05, 0.1) is 5.75 Å². The van der Waals surface area contributed by atoms with Gasteiger partial charge in [-0.05, 0) is 29.8 Å². The van der Waals surface area contributed by atoms with Gasteiger partial charge >= 0.3 is 0 Å². The molecule has 3 aromatic carbocycles. The summed E-state index contributed by atoms with van der Waals surface area (Å²) < 4.78 is 5.53. The molecule has 1 amide bonds. The van der Waals surface area contributed by atoms with Gasteiger partial charge in [-0.25, -0.2) is 0 Å². The van der Waals surface area contributed by atoms with Gasteiger partial charge in [-0.3, -0.25) is 4.79 Å². The Balaban J connectivity index is 1.51. The van der Waals surface area contributed by atoms with Crippen LogP contribution >= 0.6 is 23.4 Å². The Morgan fingerprint density at radius 2 is 1.74 bits per heavy atom. The summed E-state index contributed by atoms with van der Waals surface area (Å²) in [5.41, 5.74) is 1.82. The predicted molar refractivity (Wildman–Crippen MR) is 123 cm³/mol. The van der Waals surface area contributed by atoms with Gasteiger partial charge in [-0.1, -0.05) is 77.4 Å². The van der Waals surface area contributed by atoms with E-state index in [1.54, 1.807) is 12.1 Å². The highest BCUT2D eigenvalue weighted by Crippen LogP contribution is 2.24. The van der Waals surface area contributed by atoms with Crippen LogP contribution in [0, 0.1) is 0 Å². The molecule has 0 aliphatic rings. The Hall–Kier alpha value is -3.09. The van der Waals surface area contributed by atoms with Crippen molar-refractivity contribution in [2.45, 2.75) is 17.4 Å². The maximum atomic E-state index is 12.7. The number of thioether (sulfide) groups is 1. The molecule has 1 N–H and O–H groups in total. The van der Waals surface area contributed by atoms with E-state index in [0.717, 1.165) is 16.0 Å². The minimum atomic E-state index is -0.438. The van der Waals surface area contributed by atoms with Crippen LogP contribution in [0.5, 0.6) is 0 Å². The van der Waals surface area contributed by atoms with E-state index in [9.17, 15) is 4.79 Å². The normalized spacial score (nSPS) is 11.8. The first-order valence-corrected chi connectivity index (χ1v) is 11.1. The summed E-state index contributed by atoms with van der Waals surface area (Å²) in [6, 6.07) is 26.5. The highest BCUT2D eigenvalue weighted by atomic mass is 35.5. The average molecular weight is 450 g/mol. The summed E-state index contributed by atoms with van der Waals surface area (Å²) in [4.78, 5) is 18.2. The molecule has 5 nitrogen and oxygen atoms in total. The molecule has 0 saturated carbocycles. The molecule has 0 spiro atoms. The molecule has 1 atom stereocenters. The quantitative estimate of drug-likeness (QED) is 0.355. The third-order valence-electron chi connectivity index (χ3n) is 4.55. The van der Waals surface area contributed by atoms with Gasteiger partial charge in [-0.15, -0.1) is 11.8 Å². The van der Waals surface area contributed by atoms with Gasteiger partial charge in [0, 0.05) is 21.9 Å². The first-order valence-electron chi connectivity index (χ1n) is 9.78. The summed E-state index contributed by atoms with van der Waals surface area (Å²) in [6.07, 6.45) is 0.541. The van der Waals surface area contributed by atoms with E-state index < -0.39 is 6.04 Å². The van der Waals surface area contributed by atoms with Crippen LogP contribution in [-0.4, -0.2) is 21.8 Å². The number of rotatable bonds is 8. The Bertz CT molecular complexity index is 1140. The van der Waals surface area contributed by atoms with E-state index in [1.807, 2.05) is 72.8 Å². The topological polar surface area (TPSA) is 68.0 Å². The number of hydrogen-bond donors (Lipinski definition) is 1. The van der Waals surface area contributed by atoms with Crippen molar-refractivity contribution in [2.75, 3.05) is 5.75 Å². The fourth-order valence-electron chi connectivity index (χ4n) is 3.07. The van der Waals surface area contributed by atoms with Crippen molar-refractivity contribution in [1.29, 1.82) is 0 Å². The second-order valence-electron chi connectivity index (χ2n) is 6.88. The summed E-state index contributed by atoms with van der Waals surface area (Å²) in [6.45, 7) is 0. The number of aromatic nitrogens is 2. The van der Waals surface area contributed by atoms with Crippen molar-refractivity contribution in [3.63, 3.8) is 0 Å². The molecule has 4 aromatic rings. The second kappa shape index (κ2) is 10.3. The molecule has 0 aliphatic carbocycles. The molecular formula is C24H20ClN3O2S. The lowest BCUT2D eigenvalue weighted by molar-refractivity contribution is -0.119. The fourth-order valence-corrected chi connectivity index (χ4v) is 3.99. The largest absolute Gasteiger partial charge is 0.343 e. The Labute approximate surface area is 189 Å². The third-order valence-corrected chi connectivity index (χ3v) is 5.80. The summed E-state index contributed by atoms with van der Waals surface area (Å²) in [7, 11) is 0. The number of benzene rings is 3. The van der Waals surface area contributed by atoms with E-state index in [1.165, 1.54) is 11.8 Å². The Morgan fingerprint density at radius 1 is 1.00 bits per heavy atom. The highest BCUT2D eigenvalue weighted by Gasteiger charge is 2.22. The van der Waals surface area contributed by atoms with Crippen LogP contribution in [0.15, 0.2) is 94.3 Å². The predicted octanol–water partition coefficient (Wildman–Crippen LogP) is 5.58. The van der Waals surface area contributed by atoms with Gasteiger partial charge in [-0.2, -0.15) is 4.98 Å². The molecule has 156 valence electrons. The minimum Gasteiger partial charge on any atom is -0.343 e. The van der Waals surface area contributed by atoms with Gasteiger partial charge in [0.25, 0.3) is 0 Å². The Morgan fingerprint density at radius 3 is 2.48 bits per heavy atom. The smallest absolute Gasteiger partial charge is 0.249 e. The van der Waals surface area contributed by atoms with Gasteiger partial charge in [0.15, 0.2) is 0 Å². The van der Waals surface area contributed by atoms with E-state index in [4.69, 9.17) is 16.1 Å². The third kappa shape index (κ3) is 5.96. The van der Waals surface area contributed by atoms with E-state index in [2.05, 4.69) is 15.5 Å². The lowest BCUT2D eigenvalue weighted by Crippen LogP contribution is -2.31. The van der Waals surface area contributed by atoms with Crippen LogP contribution in [0.25, 0.3) is 11.4 Å². The standard InChI is InChI=1S/C24H20ClN3O2S/c25-19-11-7-10-18(15-19)23-27-24(30-28-23)21(14-17-8-3-1-4-9-17)26-22(29)16-31-20-12-5-2-6-13-20/h1-13,15,21H,14,16H2,(H,26,29). The summed E-state index contributed by atoms with van der Waals surface area (Å²) >= 11 is 7.56. The average Bonchev–Trinajstić information content (AvgIpc) is 3.29. The number of halogens is 1. The molecule has 1 heterocycles. The monoisotopic (exact) mass is 449 g/mol. The maximum absolute atomic E-state index is 12.7. The van der Waals surface area contributed by atoms with E-state index in [0.29, 0.717) is 28.9 Å². The van der Waals surface area contributed by atoms with Crippen molar-refractivity contribution < 1.29 is 9.32 Å². The zero-order valence-corrected chi connectivity index (χ0v) is 18.1. The number of amides is 1. The van der Waals surface area contributed by atoms with Crippen LogP contribution in [0.1, 0.15) is 17.5 Å². The van der Waals surface area contributed by atoms with Crippen molar-refractivity contribution in [2.24, 2.45) is 0 Å². The number of carbonyl (C=O) groups excluding carboxylic acids is 1. The molecule has 31 heavy (non-hydrogen) atoms. The molecule has 4 rings (SSSR count). The van der Waals surface area contributed by atoms with E-state index in [-0.39, 0.29) is 5.91 Å². The van der Waals surface area contributed by atoms with Crippen LogP contribution in [0.3, 0.4) is 0 Å². The number of nitrogens with zero attached hydrogens (tertiary/aromatic N) is 2. The molecule has 7 heteroatoms. The number of hydrogen-bond acceptors (Lipinski definition) is 5. The van der Waals surface area contributed by atoms with Crippen molar-refractivity contribution in [3.8, 4) is 11.4 Å². The van der Waals surface area contributed by atoms with Gasteiger partial charge < -0.3 is 9.84 Å². The number of nitrogens with one attached hydrogen (secondary N) is 1. The van der Waals surface area contributed by atoms with Crippen LogP contribution in [0.4, 0.5) is 0 Å². The summed E-state index contributed by atoms with van der Waals surface area (Å²) in [5, 5.41) is 7.73. The van der Waals surface area contributed by atoms with Crippen LogP contribution in [0.2, 0.25) is 5.02 Å².